The molecule has 6 heteroatoms. The van der Waals surface area contributed by atoms with Crippen LogP contribution < -0.4 is 5.32 Å². The van der Waals surface area contributed by atoms with Crippen molar-refractivity contribution in [2.24, 2.45) is 0 Å². The monoisotopic (exact) mass is 372 g/mol. The Hall–Kier alpha value is -1.44. The maximum Gasteiger partial charge on any atom is 0.255 e. The van der Waals surface area contributed by atoms with E-state index >= 15 is 0 Å². The summed E-state index contributed by atoms with van der Waals surface area (Å²) in [5, 5.41) is 2.25. The number of hydrogen-bond donors (Lipinski definition) is 1. The quantitative estimate of drug-likeness (QED) is 0.626. The molecule has 0 bridgehead atoms. The first-order valence-electron chi connectivity index (χ1n) is 5.93. The molecule has 19 heavy (non-hydrogen) atoms. The van der Waals surface area contributed by atoms with Crippen molar-refractivity contribution < 1.29 is 14.4 Å². The number of rotatable bonds is 2. The average Bonchev–Trinajstić information content (AvgIpc) is 2.38. The molecular weight excluding hydrogens is 359 g/mol. The van der Waals surface area contributed by atoms with Crippen LogP contribution >= 0.6 is 22.6 Å². The van der Waals surface area contributed by atoms with Crippen molar-refractivity contribution in [1.29, 1.82) is 0 Å². The fraction of sp³-hybridized carbons (Fsp3) is 0.308. The predicted molar refractivity (Wildman–Crippen MR) is 77.4 cm³/mol. The number of piperazine rings is 1. The van der Waals surface area contributed by atoms with Gasteiger partial charge in [-0.1, -0.05) is 6.92 Å². The van der Waals surface area contributed by atoms with E-state index in [1.165, 1.54) is 4.90 Å². The first-order chi connectivity index (χ1) is 9.02. The van der Waals surface area contributed by atoms with E-state index in [0.29, 0.717) is 12.0 Å². The standard InChI is InChI=1S/C13H13IN2O3/c1-2-10-12(18)15-11(17)7-16(10)13(19)8-3-5-9(14)6-4-8/h3-6,10H,2,7H2,1H3,(H,15,17,18). The fourth-order valence-corrected chi connectivity index (χ4v) is 2.40. The van der Waals surface area contributed by atoms with Gasteiger partial charge < -0.3 is 4.90 Å². The summed E-state index contributed by atoms with van der Waals surface area (Å²) in [4.78, 5) is 36.8. The van der Waals surface area contributed by atoms with Gasteiger partial charge in [0.25, 0.3) is 5.91 Å². The highest BCUT2D eigenvalue weighted by Gasteiger charge is 2.35. The maximum absolute atomic E-state index is 12.4. The van der Waals surface area contributed by atoms with E-state index in [0.717, 1.165) is 3.57 Å². The molecule has 5 nitrogen and oxygen atoms in total. The topological polar surface area (TPSA) is 66.5 Å². The van der Waals surface area contributed by atoms with Crippen molar-refractivity contribution in [2.45, 2.75) is 19.4 Å². The van der Waals surface area contributed by atoms with Crippen LogP contribution in [-0.4, -0.2) is 35.2 Å². The number of nitrogens with zero attached hydrogens (tertiary/aromatic N) is 1. The van der Waals surface area contributed by atoms with Gasteiger partial charge in [0.05, 0.1) is 0 Å². The van der Waals surface area contributed by atoms with Crippen molar-refractivity contribution in [3.63, 3.8) is 0 Å². The smallest absolute Gasteiger partial charge is 0.255 e. The largest absolute Gasteiger partial charge is 0.317 e. The van der Waals surface area contributed by atoms with E-state index < -0.39 is 17.9 Å². The molecule has 3 amide bonds. The second-order valence-electron chi connectivity index (χ2n) is 4.28. The molecule has 1 heterocycles. The minimum absolute atomic E-state index is 0.0743. The highest BCUT2D eigenvalue weighted by molar-refractivity contribution is 14.1. The molecule has 0 radical (unpaired) electrons. The van der Waals surface area contributed by atoms with Crippen LogP contribution in [0.1, 0.15) is 23.7 Å². The third-order valence-electron chi connectivity index (χ3n) is 2.99. The zero-order valence-corrected chi connectivity index (χ0v) is 12.5. The van der Waals surface area contributed by atoms with E-state index in [1.807, 2.05) is 19.1 Å². The Balaban J connectivity index is 2.27. The molecule has 2 rings (SSSR count). The zero-order valence-electron chi connectivity index (χ0n) is 10.4. The summed E-state index contributed by atoms with van der Waals surface area (Å²) in [7, 11) is 0. The summed E-state index contributed by atoms with van der Waals surface area (Å²) >= 11 is 2.15. The lowest BCUT2D eigenvalue weighted by Gasteiger charge is -2.33. The number of benzene rings is 1. The number of halogens is 1. The van der Waals surface area contributed by atoms with Gasteiger partial charge in [0.1, 0.15) is 12.6 Å². The van der Waals surface area contributed by atoms with Crippen LogP contribution in [0.25, 0.3) is 0 Å². The van der Waals surface area contributed by atoms with Gasteiger partial charge in [-0.3, -0.25) is 19.7 Å². The number of imide groups is 1. The molecule has 1 aliphatic heterocycles. The predicted octanol–water partition coefficient (Wildman–Crippen LogP) is 1.17. The van der Waals surface area contributed by atoms with E-state index in [9.17, 15) is 14.4 Å². The van der Waals surface area contributed by atoms with Crippen molar-refractivity contribution in [2.75, 3.05) is 6.54 Å². The Morgan fingerprint density at radius 1 is 1.37 bits per heavy atom. The van der Waals surface area contributed by atoms with Gasteiger partial charge in [0.2, 0.25) is 11.8 Å². The van der Waals surface area contributed by atoms with Gasteiger partial charge in [0.15, 0.2) is 0 Å². The summed E-state index contributed by atoms with van der Waals surface area (Å²) in [6.45, 7) is 1.74. The third kappa shape index (κ3) is 2.94. The molecule has 1 saturated heterocycles. The lowest BCUT2D eigenvalue weighted by Crippen LogP contribution is -2.59. The number of carbonyl (C=O) groups is 3. The maximum atomic E-state index is 12.4. The molecule has 1 aromatic rings. The van der Waals surface area contributed by atoms with E-state index in [-0.39, 0.29) is 12.5 Å². The van der Waals surface area contributed by atoms with Crippen molar-refractivity contribution in [1.82, 2.24) is 10.2 Å². The lowest BCUT2D eigenvalue weighted by molar-refractivity contribution is -0.138. The Bertz CT molecular complexity index is 527. The summed E-state index contributed by atoms with van der Waals surface area (Å²) in [5.41, 5.74) is 0.487. The van der Waals surface area contributed by atoms with Crippen LogP contribution in [0.15, 0.2) is 24.3 Å². The summed E-state index contributed by atoms with van der Waals surface area (Å²) in [6, 6.07) is 6.47. The second-order valence-corrected chi connectivity index (χ2v) is 5.52. The second kappa shape index (κ2) is 5.68. The van der Waals surface area contributed by atoms with Crippen molar-refractivity contribution in [3.05, 3.63) is 33.4 Å². The minimum Gasteiger partial charge on any atom is -0.317 e. The fourth-order valence-electron chi connectivity index (χ4n) is 2.04. The molecular formula is C13H13IN2O3. The van der Waals surface area contributed by atoms with Crippen LogP contribution in [0, 0.1) is 3.57 Å². The van der Waals surface area contributed by atoms with E-state index in [4.69, 9.17) is 0 Å². The zero-order chi connectivity index (χ0) is 14.0. The normalized spacial score (nSPS) is 19.3. The summed E-state index contributed by atoms with van der Waals surface area (Å²) in [6.07, 6.45) is 0.481. The number of amides is 3. The highest BCUT2D eigenvalue weighted by Crippen LogP contribution is 2.15. The Kier molecular flexibility index (Phi) is 4.18. The Morgan fingerprint density at radius 3 is 2.58 bits per heavy atom. The highest BCUT2D eigenvalue weighted by atomic mass is 127. The van der Waals surface area contributed by atoms with Gasteiger partial charge in [-0.2, -0.15) is 0 Å². The molecule has 100 valence electrons. The van der Waals surface area contributed by atoms with Crippen molar-refractivity contribution >= 4 is 40.3 Å². The summed E-state index contributed by atoms with van der Waals surface area (Å²) in [5.74, 6) is -1.13. The van der Waals surface area contributed by atoms with Crippen LogP contribution in [0.3, 0.4) is 0 Å². The Labute approximate surface area is 124 Å². The van der Waals surface area contributed by atoms with Crippen molar-refractivity contribution in [3.8, 4) is 0 Å². The Morgan fingerprint density at radius 2 is 2.00 bits per heavy atom. The third-order valence-corrected chi connectivity index (χ3v) is 3.71. The van der Waals surface area contributed by atoms with Crippen LogP contribution in [0.4, 0.5) is 0 Å². The van der Waals surface area contributed by atoms with Crippen LogP contribution in [0.5, 0.6) is 0 Å². The number of carbonyl (C=O) groups excluding carboxylic acids is 3. The molecule has 1 N–H and O–H groups in total. The number of nitrogens with one attached hydrogen (secondary N) is 1. The van der Waals surface area contributed by atoms with Gasteiger partial charge in [-0.05, 0) is 53.3 Å². The molecule has 0 saturated carbocycles. The summed E-state index contributed by atoms with van der Waals surface area (Å²) < 4.78 is 1.02. The van der Waals surface area contributed by atoms with Gasteiger partial charge in [-0.15, -0.1) is 0 Å². The molecule has 1 fully saturated rings. The molecule has 0 aliphatic carbocycles. The molecule has 0 spiro atoms. The SMILES string of the molecule is CCC1C(=O)NC(=O)CN1C(=O)c1ccc(I)cc1. The molecule has 1 aliphatic rings. The van der Waals surface area contributed by atoms with E-state index in [1.54, 1.807) is 12.1 Å². The molecule has 0 aromatic heterocycles. The van der Waals surface area contributed by atoms with Gasteiger partial charge in [0, 0.05) is 9.13 Å². The van der Waals surface area contributed by atoms with Gasteiger partial charge >= 0.3 is 0 Å². The van der Waals surface area contributed by atoms with Crippen LogP contribution in [-0.2, 0) is 9.59 Å². The van der Waals surface area contributed by atoms with Crippen LogP contribution in [0.2, 0.25) is 0 Å². The first kappa shape index (κ1) is 14.0. The minimum atomic E-state index is -0.579. The molecule has 1 aromatic carbocycles. The molecule has 1 unspecified atom stereocenters. The van der Waals surface area contributed by atoms with Gasteiger partial charge in [-0.25, -0.2) is 0 Å². The average molecular weight is 372 g/mol. The number of hydrogen-bond acceptors (Lipinski definition) is 3. The van der Waals surface area contributed by atoms with E-state index in [2.05, 4.69) is 27.9 Å². The molecule has 1 atom stereocenters. The lowest BCUT2D eigenvalue weighted by atomic mass is 10.1. The first-order valence-corrected chi connectivity index (χ1v) is 7.01.